The first-order valence-corrected chi connectivity index (χ1v) is 18.4. The van der Waals surface area contributed by atoms with Gasteiger partial charge in [0.2, 0.25) is 0 Å². The molecule has 0 saturated heterocycles. The molecule has 0 amide bonds. The number of hydrogen-bond donors (Lipinski definition) is 0. The molecule has 8 nitrogen and oxygen atoms in total. The molecule has 0 spiro atoms. The van der Waals surface area contributed by atoms with Crippen LogP contribution in [-0.4, -0.2) is 107 Å². The van der Waals surface area contributed by atoms with Crippen LogP contribution >= 0.6 is 0 Å². The number of ether oxygens (including phenoxy) is 7. The molecule has 0 aliphatic heterocycles. The van der Waals surface area contributed by atoms with Gasteiger partial charge in [-0.1, -0.05) is 72.6 Å². The molecule has 0 rings (SSSR count). The summed E-state index contributed by atoms with van der Waals surface area (Å²) in [5, 5.41) is 0.228. The minimum absolute atomic E-state index is 0.228. The Morgan fingerprint density at radius 3 is 1.00 bits per heavy atom. The van der Waals surface area contributed by atoms with E-state index < -0.39 is 8.32 Å². The Morgan fingerprint density at radius 2 is 0.667 bits per heavy atom. The summed E-state index contributed by atoms with van der Waals surface area (Å²) in [5.74, 6) is 0. The highest BCUT2D eigenvalue weighted by Gasteiger charge is 2.36. The van der Waals surface area contributed by atoms with Gasteiger partial charge in [0, 0.05) is 6.61 Å². The van der Waals surface area contributed by atoms with Crippen molar-refractivity contribution in [2.45, 2.75) is 97.2 Å². The molecule has 9 heteroatoms. The Morgan fingerprint density at radius 1 is 0.385 bits per heavy atom. The Hall–Kier alpha value is -0.103. The van der Waals surface area contributed by atoms with Gasteiger partial charge in [0.15, 0.2) is 8.32 Å². The maximum absolute atomic E-state index is 6.08. The molecule has 236 valence electrons. The molecule has 0 unspecified atom stereocenters. The molecular weight excluding hydrogens is 516 g/mol. The first-order valence-electron chi connectivity index (χ1n) is 15.5. The first-order chi connectivity index (χ1) is 18.8. The van der Waals surface area contributed by atoms with Crippen molar-refractivity contribution in [1.82, 2.24) is 0 Å². The second-order valence-corrected chi connectivity index (χ2v) is 16.2. The van der Waals surface area contributed by atoms with Crippen molar-refractivity contribution in [3.05, 3.63) is 0 Å². The fourth-order valence-corrected chi connectivity index (χ4v) is 4.36. The molecule has 0 aromatic rings. The fraction of sp³-hybridized carbons (Fsp3) is 1.00. The lowest BCUT2D eigenvalue weighted by atomic mass is 10.1. The lowest BCUT2D eigenvalue weighted by molar-refractivity contribution is -0.0214. The molecule has 39 heavy (non-hydrogen) atoms. The van der Waals surface area contributed by atoms with Crippen molar-refractivity contribution < 1.29 is 37.6 Å². The number of rotatable bonds is 31. The third kappa shape index (κ3) is 27.8. The van der Waals surface area contributed by atoms with Crippen LogP contribution in [0.2, 0.25) is 18.1 Å². The van der Waals surface area contributed by atoms with Crippen LogP contribution < -0.4 is 0 Å². The summed E-state index contributed by atoms with van der Waals surface area (Å²) in [6.45, 7) is 22.5. The van der Waals surface area contributed by atoms with E-state index in [9.17, 15) is 0 Å². The molecule has 0 aliphatic carbocycles. The summed E-state index contributed by atoms with van der Waals surface area (Å²) in [4.78, 5) is 0. The average molecular weight is 581 g/mol. The molecule has 0 bridgehead atoms. The van der Waals surface area contributed by atoms with Gasteiger partial charge in [-0.3, -0.25) is 0 Å². The normalized spacial score (nSPS) is 12.5. The maximum atomic E-state index is 6.08. The van der Waals surface area contributed by atoms with Crippen LogP contribution in [0, 0.1) is 0 Å². The van der Waals surface area contributed by atoms with Crippen molar-refractivity contribution in [3.63, 3.8) is 0 Å². The Bertz CT molecular complexity index is 488. The minimum Gasteiger partial charge on any atom is -0.414 e. The lowest BCUT2D eigenvalue weighted by Gasteiger charge is -2.36. The van der Waals surface area contributed by atoms with Crippen molar-refractivity contribution in [1.29, 1.82) is 0 Å². The quantitative estimate of drug-likeness (QED) is 0.0702. The summed E-state index contributed by atoms with van der Waals surface area (Å²) in [5.41, 5.74) is 0. The van der Waals surface area contributed by atoms with E-state index in [1.807, 2.05) is 0 Å². The first kappa shape index (κ1) is 38.9. The van der Waals surface area contributed by atoms with Crippen LogP contribution in [0.15, 0.2) is 0 Å². The predicted molar refractivity (Wildman–Crippen MR) is 161 cm³/mol. The zero-order chi connectivity index (χ0) is 28.9. The highest BCUT2D eigenvalue weighted by molar-refractivity contribution is 6.74. The average Bonchev–Trinajstić information content (AvgIpc) is 2.89. The van der Waals surface area contributed by atoms with Gasteiger partial charge in [-0.25, -0.2) is 0 Å². The molecule has 0 aromatic heterocycles. The molecule has 0 aromatic carbocycles. The van der Waals surface area contributed by atoms with Crippen molar-refractivity contribution in [2.75, 3.05) is 99.1 Å². The smallest absolute Gasteiger partial charge is 0.192 e. The molecule has 0 atom stereocenters. The molecule has 0 fully saturated rings. The molecule has 0 saturated carbocycles. The standard InChI is InChI=1S/C30H64O8Si/c1-7-8-9-10-11-12-13-14-15-31-16-17-32-18-19-33-20-21-34-22-23-35-24-25-36-26-27-37-28-29-38-39(5,6)30(2,3)4/h7-29H2,1-6H3. The molecule has 0 aliphatic rings. The maximum Gasteiger partial charge on any atom is 0.192 e. The van der Waals surface area contributed by atoms with E-state index in [1.54, 1.807) is 0 Å². The Kier molecular flexibility index (Phi) is 28.0. The third-order valence-corrected chi connectivity index (χ3v) is 11.4. The lowest BCUT2D eigenvalue weighted by Crippen LogP contribution is -2.41. The number of unbranched alkanes of at least 4 members (excludes halogenated alkanes) is 7. The molecule has 0 radical (unpaired) electrons. The fourth-order valence-electron chi connectivity index (χ4n) is 3.33. The highest BCUT2D eigenvalue weighted by atomic mass is 28.4. The summed E-state index contributed by atoms with van der Waals surface area (Å²) in [6, 6.07) is 0. The van der Waals surface area contributed by atoms with Gasteiger partial charge in [0.25, 0.3) is 0 Å². The van der Waals surface area contributed by atoms with Crippen LogP contribution in [-0.2, 0) is 37.6 Å². The second kappa shape index (κ2) is 28.0. The van der Waals surface area contributed by atoms with Crippen molar-refractivity contribution >= 4 is 8.32 Å². The summed E-state index contributed by atoms with van der Waals surface area (Å²) < 4.78 is 44.8. The largest absolute Gasteiger partial charge is 0.414 e. The monoisotopic (exact) mass is 580 g/mol. The summed E-state index contributed by atoms with van der Waals surface area (Å²) in [6.07, 6.45) is 10.6. The van der Waals surface area contributed by atoms with E-state index in [-0.39, 0.29) is 5.04 Å². The second-order valence-electron chi connectivity index (χ2n) is 11.4. The van der Waals surface area contributed by atoms with Crippen molar-refractivity contribution in [2.24, 2.45) is 0 Å². The van der Waals surface area contributed by atoms with Gasteiger partial charge in [0.05, 0.1) is 92.5 Å². The van der Waals surface area contributed by atoms with Crippen molar-refractivity contribution in [3.8, 4) is 0 Å². The molecule has 0 N–H and O–H groups in total. The van der Waals surface area contributed by atoms with E-state index in [4.69, 9.17) is 37.6 Å². The minimum atomic E-state index is -1.68. The zero-order valence-corrected chi connectivity index (χ0v) is 27.5. The van der Waals surface area contributed by atoms with Gasteiger partial charge in [0.1, 0.15) is 0 Å². The van der Waals surface area contributed by atoms with Crippen LogP contribution in [0.3, 0.4) is 0 Å². The Balaban J connectivity index is 3.13. The van der Waals surface area contributed by atoms with E-state index in [2.05, 4.69) is 40.8 Å². The highest BCUT2D eigenvalue weighted by Crippen LogP contribution is 2.36. The zero-order valence-electron chi connectivity index (χ0n) is 26.5. The molecular formula is C30H64O8Si. The van der Waals surface area contributed by atoms with Gasteiger partial charge in [-0.15, -0.1) is 0 Å². The summed E-state index contributed by atoms with van der Waals surface area (Å²) >= 11 is 0. The SMILES string of the molecule is CCCCCCCCCCOCCOCCOCCOCCOCCOCCOCCO[Si](C)(C)C(C)(C)C. The van der Waals surface area contributed by atoms with Crippen LogP contribution in [0.4, 0.5) is 0 Å². The summed E-state index contributed by atoms with van der Waals surface area (Å²) in [7, 11) is -1.68. The molecule has 0 heterocycles. The van der Waals surface area contributed by atoms with Crippen LogP contribution in [0.5, 0.6) is 0 Å². The van der Waals surface area contributed by atoms with Gasteiger partial charge in [-0.05, 0) is 24.6 Å². The number of hydrogen-bond acceptors (Lipinski definition) is 8. The Labute approximate surface area is 242 Å². The topological polar surface area (TPSA) is 73.8 Å². The predicted octanol–water partition coefficient (Wildman–Crippen LogP) is 6.27. The van der Waals surface area contributed by atoms with E-state index in [0.717, 1.165) is 13.0 Å². The van der Waals surface area contributed by atoms with Gasteiger partial charge < -0.3 is 37.6 Å². The van der Waals surface area contributed by atoms with Gasteiger partial charge >= 0.3 is 0 Å². The van der Waals surface area contributed by atoms with E-state index in [1.165, 1.54) is 44.9 Å². The van der Waals surface area contributed by atoms with Crippen LogP contribution in [0.25, 0.3) is 0 Å². The third-order valence-electron chi connectivity index (χ3n) is 6.87. The van der Waals surface area contributed by atoms with E-state index >= 15 is 0 Å². The van der Waals surface area contributed by atoms with Crippen LogP contribution in [0.1, 0.15) is 79.1 Å². The van der Waals surface area contributed by atoms with Gasteiger partial charge in [-0.2, -0.15) is 0 Å². The van der Waals surface area contributed by atoms with E-state index in [0.29, 0.717) is 92.5 Å².